The van der Waals surface area contributed by atoms with Crippen LogP contribution in [0.3, 0.4) is 0 Å². The first kappa shape index (κ1) is 12.4. The molecule has 1 aliphatic heterocycles. The van der Waals surface area contributed by atoms with E-state index in [1.165, 1.54) is 0 Å². The van der Waals surface area contributed by atoms with E-state index in [2.05, 4.69) is 26.1 Å². The maximum absolute atomic E-state index is 10.5. The van der Waals surface area contributed by atoms with Gasteiger partial charge in [0, 0.05) is 6.54 Å². The van der Waals surface area contributed by atoms with Crippen molar-refractivity contribution < 1.29 is 4.79 Å². The number of piperidine rings is 1. The normalized spacial score (nSPS) is 22.0. The Balaban J connectivity index is 0.000000310. The minimum absolute atomic E-state index is 0.0822. The predicted octanol–water partition coefficient (Wildman–Crippen LogP) is 1.13. The Morgan fingerprint density at radius 1 is 1.46 bits per heavy atom. The standard InChI is InChI=1S/C6H12N2O.C4H10/c7-6(9)5-2-1-3-8-4-5;1-4(2)3/h5,8H,1-4H2,(H2,7,9);4H,1-3H3. The van der Waals surface area contributed by atoms with Crippen molar-refractivity contribution in [1.82, 2.24) is 5.32 Å². The van der Waals surface area contributed by atoms with Crippen molar-refractivity contribution in [3.63, 3.8) is 0 Å². The molecule has 0 saturated carbocycles. The van der Waals surface area contributed by atoms with Crippen LogP contribution < -0.4 is 11.1 Å². The summed E-state index contributed by atoms with van der Waals surface area (Å²) < 4.78 is 0. The lowest BCUT2D eigenvalue weighted by atomic mass is 9.99. The summed E-state index contributed by atoms with van der Waals surface area (Å²) in [6.07, 6.45) is 2.04. The Labute approximate surface area is 81.1 Å². The first-order valence-corrected chi connectivity index (χ1v) is 5.04. The van der Waals surface area contributed by atoms with E-state index in [1.54, 1.807) is 0 Å². The number of carbonyl (C=O) groups excluding carboxylic acids is 1. The lowest BCUT2D eigenvalue weighted by Crippen LogP contribution is -2.37. The molecule has 78 valence electrons. The van der Waals surface area contributed by atoms with E-state index in [0.717, 1.165) is 31.8 Å². The Bertz CT molecular complexity index is 137. The molecule has 13 heavy (non-hydrogen) atoms. The van der Waals surface area contributed by atoms with Gasteiger partial charge in [-0.1, -0.05) is 20.8 Å². The van der Waals surface area contributed by atoms with Crippen molar-refractivity contribution in [2.45, 2.75) is 33.6 Å². The van der Waals surface area contributed by atoms with Gasteiger partial charge >= 0.3 is 0 Å². The summed E-state index contributed by atoms with van der Waals surface area (Å²) >= 11 is 0. The molecule has 3 nitrogen and oxygen atoms in total. The zero-order valence-corrected chi connectivity index (χ0v) is 8.97. The molecule has 0 bridgehead atoms. The van der Waals surface area contributed by atoms with E-state index in [0.29, 0.717) is 0 Å². The monoisotopic (exact) mass is 186 g/mol. The van der Waals surface area contributed by atoms with Crippen LogP contribution in [-0.4, -0.2) is 19.0 Å². The second kappa shape index (κ2) is 6.89. The van der Waals surface area contributed by atoms with Gasteiger partial charge in [-0.15, -0.1) is 0 Å². The smallest absolute Gasteiger partial charge is 0.221 e. The summed E-state index contributed by atoms with van der Waals surface area (Å²) in [5.74, 6) is 0.751. The van der Waals surface area contributed by atoms with Gasteiger partial charge in [-0.3, -0.25) is 4.79 Å². The SMILES string of the molecule is CC(C)C.NC(=O)C1CCCNC1. The Kier molecular flexibility index (Phi) is 6.59. The summed E-state index contributed by atoms with van der Waals surface area (Å²) in [5, 5.41) is 3.12. The van der Waals surface area contributed by atoms with Crippen LogP contribution in [-0.2, 0) is 4.79 Å². The van der Waals surface area contributed by atoms with Crippen molar-refractivity contribution in [2.75, 3.05) is 13.1 Å². The highest BCUT2D eigenvalue weighted by Crippen LogP contribution is 2.07. The van der Waals surface area contributed by atoms with Crippen LogP contribution in [0.25, 0.3) is 0 Å². The van der Waals surface area contributed by atoms with Gasteiger partial charge in [0.05, 0.1) is 5.92 Å². The number of carbonyl (C=O) groups is 1. The lowest BCUT2D eigenvalue weighted by Gasteiger charge is -2.18. The Morgan fingerprint density at radius 2 is 2.00 bits per heavy atom. The average molecular weight is 186 g/mol. The molecular weight excluding hydrogens is 164 g/mol. The Morgan fingerprint density at radius 3 is 2.23 bits per heavy atom. The van der Waals surface area contributed by atoms with Gasteiger partial charge in [-0.05, 0) is 25.3 Å². The average Bonchev–Trinajstić information content (AvgIpc) is 2.05. The lowest BCUT2D eigenvalue weighted by molar-refractivity contribution is -0.122. The number of hydrogen-bond acceptors (Lipinski definition) is 2. The van der Waals surface area contributed by atoms with Gasteiger partial charge in [0.1, 0.15) is 0 Å². The molecule has 1 heterocycles. The fourth-order valence-electron chi connectivity index (χ4n) is 1.09. The molecule has 1 rings (SSSR count). The first-order chi connectivity index (χ1) is 6.04. The molecule has 0 aliphatic carbocycles. The molecule has 1 saturated heterocycles. The fraction of sp³-hybridized carbons (Fsp3) is 0.900. The van der Waals surface area contributed by atoms with Gasteiger partial charge in [0.25, 0.3) is 0 Å². The minimum atomic E-state index is -0.165. The molecule has 1 amide bonds. The second-order valence-electron chi connectivity index (χ2n) is 4.18. The number of nitrogens with one attached hydrogen (secondary N) is 1. The van der Waals surface area contributed by atoms with Crippen molar-refractivity contribution >= 4 is 5.91 Å². The third kappa shape index (κ3) is 7.78. The van der Waals surface area contributed by atoms with E-state index in [9.17, 15) is 4.79 Å². The van der Waals surface area contributed by atoms with Gasteiger partial charge in [0.15, 0.2) is 0 Å². The van der Waals surface area contributed by atoms with Crippen molar-refractivity contribution in [1.29, 1.82) is 0 Å². The Hall–Kier alpha value is -0.570. The molecule has 0 aromatic carbocycles. The number of amides is 1. The van der Waals surface area contributed by atoms with E-state index < -0.39 is 0 Å². The highest BCUT2D eigenvalue weighted by Gasteiger charge is 2.17. The first-order valence-electron chi connectivity index (χ1n) is 5.04. The predicted molar refractivity (Wildman–Crippen MR) is 55.3 cm³/mol. The molecule has 1 fully saturated rings. The van der Waals surface area contributed by atoms with Crippen LogP contribution in [0, 0.1) is 11.8 Å². The summed E-state index contributed by atoms with van der Waals surface area (Å²) in [7, 11) is 0. The summed E-state index contributed by atoms with van der Waals surface area (Å²) in [5.41, 5.74) is 5.09. The van der Waals surface area contributed by atoms with Crippen molar-refractivity contribution in [3.05, 3.63) is 0 Å². The highest BCUT2D eigenvalue weighted by atomic mass is 16.1. The van der Waals surface area contributed by atoms with Crippen molar-refractivity contribution in [3.8, 4) is 0 Å². The van der Waals surface area contributed by atoms with Crippen LogP contribution in [0.15, 0.2) is 0 Å². The molecule has 1 atom stereocenters. The van der Waals surface area contributed by atoms with Gasteiger partial charge in [-0.25, -0.2) is 0 Å². The summed E-state index contributed by atoms with van der Waals surface area (Å²) in [4.78, 5) is 10.5. The number of nitrogens with two attached hydrogens (primary N) is 1. The van der Waals surface area contributed by atoms with Crippen LogP contribution in [0.5, 0.6) is 0 Å². The zero-order chi connectivity index (χ0) is 10.3. The molecule has 1 aliphatic rings. The molecule has 0 radical (unpaired) electrons. The molecule has 3 N–H and O–H groups in total. The van der Waals surface area contributed by atoms with E-state index in [1.807, 2.05) is 0 Å². The van der Waals surface area contributed by atoms with E-state index in [4.69, 9.17) is 5.73 Å². The highest BCUT2D eigenvalue weighted by molar-refractivity contribution is 5.76. The van der Waals surface area contributed by atoms with E-state index >= 15 is 0 Å². The topological polar surface area (TPSA) is 55.1 Å². The quantitative estimate of drug-likeness (QED) is 0.645. The zero-order valence-electron chi connectivity index (χ0n) is 8.97. The molecule has 3 heteroatoms. The largest absolute Gasteiger partial charge is 0.369 e. The third-order valence-electron chi connectivity index (χ3n) is 1.70. The molecular formula is C10H22N2O. The van der Waals surface area contributed by atoms with Gasteiger partial charge in [0.2, 0.25) is 5.91 Å². The van der Waals surface area contributed by atoms with Crippen LogP contribution in [0.2, 0.25) is 0 Å². The van der Waals surface area contributed by atoms with Gasteiger partial charge in [-0.2, -0.15) is 0 Å². The van der Waals surface area contributed by atoms with Crippen LogP contribution >= 0.6 is 0 Å². The van der Waals surface area contributed by atoms with Gasteiger partial charge < -0.3 is 11.1 Å². The summed E-state index contributed by atoms with van der Waals surface area (Å²) in [6.45, 7) is 8.30. The third-order valence-corrected chi connectivity index (χ3v) is 1.70. The molecule has 1 unspecified atom stereocenters. The maximum Gasteiger partial charge on any atom is 0.221 e. The minimum Gasteiger partial charge on any atom is -0.369 e. The number of primary amides is 1. The molecule has 0 spiro atoms. The van der Waals surface area contributed by atoms with Crippen LogP contribution in [0.4, 0.5) is 0 Å². The molecule has 0 aromatic rings. The van der Waals surface area contributed by atoms with Crippen LogP contribution in [0.1, 0.15) is 33.6 Å². The molecule has 0 aromatic heterocycles. The second-order valence-corrected chi connectivity index (χ2v) is 4.18. The van der Waals surface area contributed by atoms with Crippen molar-refractivity contribution in [2.24, 2.45) is 17.6 Å². The summed E-state index contributed by atoms with van der Waals surface area (Å²) in [6, 6.07) is 0. The fourth-order valence-corrected chi connectivity index (χ4v) is 1.09. The van der Waals surface area contributed by atoms with E-state index in [-0.39, 0.29) is 11.8 Å². The number of hydrogen-bond donors (Lipinski definition) is 2. The number of rotatable bonds is 1. The maximum atomic E-state index is 10.5.